The summed E-state index contributed by atoms with van der Waals surface area (Å²) in [7, 11) is 0. The lowest BCUT2D eigenvalue weighted by molar-refractivity contribution is -0.219. The highest BCUT2D eigenvalue weighted by Crippen LogP contribution is 2.33. The summed E-state index contributed by atoms with van der Waals surface area (Å²) in [6.07, 6.45) is 5.54. The van der Waals surface area contributed by atoms with Crippen molar-refractivity contribution in [2.45, 2.75) is 57.9 Å². The lowest BCUT2D eigenvalue weighted by Gasteiger charge is -2.36. The van der Waals surface area contributed by atoms with Crippen molar-refractivity contribution < 1.29 is 27.7 Å². The van der Waals surface area contributed by atoms with Gasteiger partial charge in [-0.05, 0) is 56.2 Å². The highest BCUT2D eigenvalue weighted by Gasteiger charge is 2.37. The van der Waals surface area contributed by atoms with Gasteiger partial charge in [-0.3, -0.25) is 0 Å². The summed E-state index contributed by atoms with van der Waals surface area (Å²) in [5.74, 6) is 0.680. The van der Waals surface area contributed by atoms with E-state index >= 15 is 0 Å². The van der Waals surface area contributed by atoms with Crippen LogP contribution in [-0.2, 0) is 9.47 Å². The van der Waals surface area contributed by atoms with Crippen LogP contribution >= 0.6 is 0 Å². The monoisotopic (exact) mass is 396 g/mol. The van der Waals surface area contributed by atoms with Crippen molar-refractivity contribution >= 4 is 0 Å². The first kappa shape index (κ1) is 21.1. The fourth-order valence-corrected chi connectivity index (χ4v) is 3.68. The maximum atomic E-state index is 14.4. The molecule has 1 aliphatic heterocycles. The summed E-state index contributed by atoms with van der Waals surface area (Å²) in [6, 6.07) is 4.67. The molecule has 0 amide bonds. The van der Waals surface area contributed by atoms with Crippen molar-refractivity contribution in [1.29, 1.82) is 0 Å². The zero-order chi connectivity index (χ0) is 20.0. The third-order valence-electron chi connectivity index (χ3n) is 5.23. The molecule has 0 saturated carbocycles. The van der Waals surface area contributed by atoms with Gasteiger partial charge in [0.05, 0.1) is 26.4 Å². The van der Waals surface area contributed by atoms with E-state index in [1.54, 1.807) is 12.1 Å². The average molecular weight is 396 g/mol. The molecule has 1 fully saturated rings. The summed E-state index contributed by atoms with van der Waals surface area (Å²) in [5.41, 5.74) is -0.272. The van der Waals surface area contributed by atoms with Gasteiger partial charge in [0.15, 0.2) is 23.5 Å². The Morgan fingerprint density at radius 1 is 1.18 bits per heavy atom. The number of halogens is 2. The van der Waals surface area contributed by atoms with Crippen LogP contribution in [0.1, 0.15) is 46.0 Å². The van der Waals surface area contributed by atoms with Crippen LogP contribution in [0.15, 0.2) is 29.8 Å². The van der Waals surface area contributed by atoms with Crippen molar-refractivity contribution in [3.05, 3.63) is 35.7 Å². The largest absolute Gasteiger partial charge is 0.493 e. The Hall–Kier alpha value is -1.66. The zero-order valence-corrected chi connectivity index (χ0v) is 16.7. The van der Waals surface area contributed by atoms with Gasteiger partial charge in [0.25, 0.3) is 0 Å². The third kappa shape index (κ3) is 5.45. The number of alkyl halides is 1. The van der Waals surface area contributed by atoms with E-state index in [1.807, 2.05) is 13.8 Å². The van der Waals surface area contributed by atoms with Crippen LogP contribution in [-0.4, -0.2) is 38.4 Å². The van der Waals surface area contributed by atoms with Crippen LogP contribution in [0.4, 0.5) is 8.78 Å². The van der Waals surface area contributed by atoms with Crippen LogP contribution in [0.5, 0.6) is 11.5 Å². The van der Waals surface area contributed by atoms with Crippen LogP contribution in [0.25, 0.3) is 0 Å². The van der Waals surface area contributed by atoms with E-state index in [0.29, 0.717) is 31.3 Å². The first-order valence-corrected chi connectivity index (χ1v) is 10.2. The molecule has 1 heterocycles. The number of allylic oxidation sites excluding steroid dienone is 1. The molecule has 1 atom stereocenters. The van der Waals surface area contributed by atoms with Crippen molar-refractivity contribution in [2.75, 3.05) is 26.4 Å². The molecule has 0 spiro atoms. The second-order valence-electron chi connectivity index (χ2n) is 7.61. The molecular weight excluding hydrogens is 366 g/mol. The Kier molecular flexibility index (Phi) is 7.30. The molecule has 1 aromatic carbocycles. The van der Waals surface area contributed by atoms with Gasteiger partial charge in [0.2, 0.25) is 0 Å². The summed E-state index contributed by atoms with van der Waals surface area (Å²) in [4.78, 5) is 0. The van der Waals surface area contributed by atoms with Gasteiger partial charge in [-0.25, -0.2) is 8.78 Å². The molecule has 156 valence electrons. The molecular formula is C22H30F2O4. The average Bonchev–Trinajstić information content (AvgIpc) is 2.69. The lowest BCUT2D eigenvalue weighted by atomic mass is 9.89. The minimum absolute atomic E-state index is 0.0959. The molecule has 0 N–H and O–H groups in total. The Bertz CT molecular complexity index is 669. The van der Waals surface area contributed by atoms with Gasteiger partial charge < -0.3 is 18.9 Å². The SMILES string of the molecule is CCCC1(F)COC(C2=CCC(COc3ccc(OCC)c(F)c3)CC2)OC1. The molecule has 1 saturated heterocycles. The number of hydrogen-bond donors (Lipinski definition) is 0. The van der Waals surface area contributed by atoms with Crippen LogP contribution in [0.3, 0.4) is 0 Å². The highest BCUT2D eigenvalue weighted by atomic mass is 19.1. The second-order valence-corrected chi connectivity index (χ2v) is 7.61. The van der Waals surface area contributed by atoms with Crippen molar-refractivity contribution in [3.8, 4) is 11.5 Å². The summed E-state index contributed by atoms with van der Waals surface area (Å²) in [5, 5.41) is 0. The fourth-order valence-electron chi connectivity index (χ4n) is 3.68. The first-order chi connectivity index (χ1) is 13.5. The quantitative estimate of drug-likeness (QED) is 0.565. The zero-order valence-electron chi connectivity index (χ0n) is 16.7. The van der Waals surface area contributed by atoms with E-state index in [-0.39, 0.29) is 19.0 Å². The number of hydrogen-bond acceptors (Lipinski definition) is 4. The predicted molar refractivity (Wildman–Crippen MR) is 103 cm³/mol. The smallest absolute Gasteiger partial charge is 0.180 e. The summed E-state index contributed by atoms with van der Waals surface area (Å²) >= 11 is 0. The standard InChI is InChI=1S/C22H30F2O4/c1-3-11-22(24)14-27-21(28-15-22)17-7-5-16(6-8-17)13-26-18-9-10-20(25-4-2)19(23)12-18/h7,9-10,12,16,21H,3-6,8,11,13-15H2,1-2H3. The molecule has 1 aromatic rings. The molecule has 0 aromatic heterocycles. The van der Waals surface area contributed by atoms with E-state index in [0.717, 1.165) is 31.3 Å². The maximum Gasteiger partial charge on any atom is 0.180 e. The summed E-state index contributed by atoms with van der Waals surface area (Å²) in [6.45, 7) is 4.91. The van der Waals surface area contributed by atoms with Crippen molar-refractivity contribution in [2.24, 2.45) is 5.92 Å². The Morgan fingerprint density at radius 3 is 2.57 bits per heavy atom. The molecule has 1 aliphatic carbocycles. The molecule has 4 nitrogen and oxygen atoms in total. The minimum atomic E-state index is -1.36. The molecule has 0 radical (unpaired) electrons. The van der Waals surface area contributed by atoms with E-state index in [1.165, 1.54) is 6.07 Å². The second kappa shape index (κ2) is 9.70. The minimum Gasteiger partial charge on any atom is -0.493 e. The van der Waals surface area contributed by atoms with E-state index in [4.69, 9.17) is 18.9 Å². The normalized spacial score (nSPS) is 27.9. The van der Waals surface area contributed by atoms with Gasteiger partial charge in [0.1, 0.15) is 5.75 Å². The van der Waals surface area contributed by atoms with Crippen LogP contribution in [0, 0.1) is 11.7 Å². The molecule has 6 heteroatoms. The number of rotatable bonds is 8. The lowest BCUT2D eigenvalue weighted by Crippen LogP contribution is -2.44. The van der Waals surface area contributed by atoms with Crippen LogP contribution < -0.4 is 9.47 Å². The van der Waals surface area contributed by atoms with Crippen molar-refractivity contribution in [3.63, 3.8) is 0 Å². The predicted octanol–water partition coefficient (Wildman–Crippen LogP) is 5.21. The van der Waals surface area contributed by atoms with Gasteiger partial charge in [-0.1, -0.05) is 19.4 Å². The van der Waals surface area contributed by atoms with E-state index in [9.17, 15) is 8.78 Å². The highest BCUT2D eigenvalue weighted by molar-refractivity contribution is 5.33. The third-order valence-corrected chi connectivity index (χ3v) is 5.23. The Labute approximate surface area is 165 Å². The van der Waals surface area contributed by atoms with Gasteiger partial charge in [-0.2, -0.15) is 0 Å². The maximum absolute atomic E-state index is 14.4. The van der Waals surface area contributed by atoms with E-state index < -0.39 is 17.8 Å². The van der Waals surface area contributed by atoms with Gasteiger partial charge >= 0.3 is 0 Å². The molecule has 1 unspecified atom stereocenters. The number of ether oxygens (including phenoxy) is 4. The molecule has 3 rings (SSSR count). The number of benzene rings is 1. The molecule has 28 heavy (non-hydrogen) atoms. The van der Waals surface area contributed by atoms with Gasteiger partial charge in [-0.15, -0.1) is 0 Å². The molecule has 2 aliphatic rings. The fraction of sp³-hybridized carbons (Fsp3) is 0.636. The van der Waals surface area contributed by atoms with Crippen LogP contribution in [0.2, 0.25) is 0 Å². The first-order valence-electron chi connectivity index (χ1n) is 10.2. The Balaban J connectivity index is 1.45. The molecule has 0 bridgehead atoms. The van der Waals surface area contributed by atoms with E-state index in [2.05, 4.69) is 6.08 Å². The summed E-state index contributed by atoms with van der Waals surface area (Å²) < 4.78 is 50.5. The Morgan fingerprint density at radius 2 is 1.96 bits per heavy atom. The topological polar surface area (TPSA) is 36.9 Å². The van der Waals surface area contributed by atoms with Gasteiger partial charge in [0, 0.05) is 6.07 Å². The van der Waals surface area contributed by atoms with Crippen molar-refractivity contribution in [1.82, 2.24) is 0 Å².